The number of nitrogens with two attached hydrogens (primary N) is 1. The molecule has 2 N–H and O–H groups in total. The molecular weight excluding hydrogens is 246 g/mol. The summed E-state index contributed by atoms with van der Waals surface area (Å²) in [6.07, 6.45) is 4.12. The van der Waals surface area contributed by atoms with E-state index >= 15 is 0 Å². The van der Waals surface area contributed by atoms with Crippen molar-refractivity contribution in [3.05, 3.63) is 48.8 Å². The number of nitrogen functional groups attached to an aromatic ring is 1. The maximum atomic E-state index is 6.27. The van der Waals surface area contributed by atoms with Crippen LogP contribution in [0.3, 0.4) is 0 Å². The summed E-state index contributed by atoms with van der Waals surface area (Å²) in [6, 6.07) is 14.6. The zero-order valence-electron chi connectivity index (χ0n) is 11.7. The average molecular weight is 265 g/mol. The summed E-state index contributed by atoms with van der Waals surface area (Å²) in [5.74, 6) is 0.759. The third kappa shape index (κ3) is 2.16. The number of unbranched alkanes of at least 4 members (excludes halogenated alkanes) is 1. The highest BCUT2D eigenvalue weighted by Gasteiger charge is 2.12. The van der Waals surface area contributed by atoms with Gasteiger partial charge >= 0.3 is 0 Å². The van der Waals surface area contributed by atoms with Crippen molar-refractivity contribution in [2.24, 2.45) is 0 Å². The van der Waals surface area contributed by atoms with Crippen molar-refractivity contribution in [3.63, 3.8) is 0 Å². The number of aromatic nitrogens is 2. The lowest BCUT2D eigenvalue weighted by Crippen LogP contribution is -2.02. The molecule has 102 valence electrons. The fourth-order valence-corrected chi connectivity index (χ4v) is 2.54. The molecule has 0 radical (unpaired) electrons. The van der Waals surface area contributed by atoms with Crippen LogP contribution in [-0.2, 0) is 6.54 Å². The van der Waals surface area contributed by atoms with E-state index in [-0.39, 0.29) is 0 Å². The topological polar surface area (TPSA) is 43.8 Å². The van der Waals surface area contributed by atoms with E-state index in [1.54, 1.807) is 0 Å². The van der Waals surface area contributed by atoms with E-state index in [4.69, 9.17) is 5.73 Å². The molecule has 0 aliphatic heterocycles. The maximum absolute atomic E-state index is 6.27. The third-order valence-corrected chi connectivity index (χ3v) is 3.68. The first-order chi connectivity index (χ1) is 9.81. The summed E-state index contributed by atoms with van der Waals surface area (Å²) in [7, 11) is 0. The number of fused-ring (bicyclic) bond motifs is 1. The van der Waals surface area contributed by atoms with E-state index in [0.29, 0.717) is 0 Å². The van der Waals surface area contributed by atoms with Crippen LogP contribution in [0.15, 0.2) is 48.8 Å². The van der Waals surface area contributed by atoms with Gasteiger partial charge in [-0.05, 0) is 17.2 Å². The van der Waals surface area contributed by atoms with Gasteiger partial charge in [-0.1, -0.05) is 55.8 Å². The zero-order chi connectivity index (χ0) is 13.9. The highest BCUT2D eigenvalue weighted by molar-refractivity contribution is 5.97. The van der Waals surface area contributed by atoms with Gasteiger partial charge in [0.15, 0.2) is 0 Å². The fourth-order valence-electron chi connectivity index (χ4n) is 2.54. The lowest BCUT2D eigenvalue weighted by molar-refractivity contribution is 0.637. The lowest BCUT2D eigenvalue weighted by Gasteiger charge is -2.07. The Kier molecular flexibility index (Phi) is 3.42. The molecule has 0 fully saturated rings. The van der Waals surface area contributed by atoms with Crippen LogP contribution in [0, 0.1) is 0 Å². The maximum Gasteiger partial charge on any atom is 0.131 e. The molecule has 0 amide bonds. The summed E-state index contributed by atoms with van der Waals surface area (Å²) in [5, 5.41) is 2.41. The predicted molar refractivity (Wildman–Crippen MR) is 84.5 cm³/mol. The zero-order valence-corrected chi connectivity index (χ0v) is 11.7. The molecule has 1 aromatic heterocycles. The average Bonchev–Trinajstić information content (AvgIpc) is 2.85. The number of aryl methyl sites for hydroxylation is 1. The Morgan fingerprint density at radius 3 is 2.75 bits per heavy atom. The van der Waals surface area contributed by atoms with Crippen LogP contribution in [-0.4, -0.2) is 9.55 Å². The van der Waals surface area contributed by atoms with Crippen molar-refractivity contribution in [2.75, 3.05) is 5.73 Å². The largest absolute Gasteiger partial charge is 0.383 e. The smallest absolute Gasteiger partial charge is 0.131 e. The van der Waals surface area contributed by atoms with Gasteiger partial charge in [-0.2, -0.15) is 0 Å². The highest BCUT2D eigenvalue weighted by atomic mass is 15.1. The summed E-state index contributed by atoms with van der Waals surface area (Å²) in [4.78, 5) is 4.53. The molecule has 0 unspecified atom stereocenters. The number of anilines is 1. The second-order valence-corrected chi connectivity index (χ2v) is 5.05. The van der Waals surface area contributed by atoms with Gasteiger partial charge in [0, 0.05) is 12.1 Å². The van der Waals surface area contributed by atoms with Crippen molar-refractivity contribution < 1.29 is 0 Å². The van der Waals surface area contributed by atoms with Gasteiger partial charge in [0.05, 0.1) is 6.33 Å². The SMILES string of the molecule is CCCCn1cnc(-c2cccc3ccccc23)c1N. The van der Waals surface area contributed by atoms with E-state index in [0.717, 1.165) is 36.5 Å². The number of hydrogen-bond acceptors (Lipinski definition) is 2. The van der Waals surface area contributed by atoms with E-state index in [2.05, 4.69) is 54.4 Å². The molecular formula is C17H19N3. The summed E-state index contributed by atoms with van der Waals surface area (Å²) in [5.41, 5.74) is 8.26. The molecule has 2 aromatic carbocycles. The highest BCUT2D eigenvalue weighted by Crippen LogP contribution is 2.31. The predicted octanol–water partition coefficient (Wildman–Crippen LogP) is 4.09. The molecule has 0 saturated heterocycles. The Hall–Kier alpha value is -2.29. The van der Waals surface area contributed by atoms with Crippen molar-refractivity contribution in [2.45, 2.75) is 26.3 Å². The number of imidazole rings is 1. The van der Waals surface area contributed by atoms with Gasteiger partial charge in [-0.15, -0.1) is 0 Å². The Morgan fingerprint density at radius 2 is 1.90 bits per heavy atom. The van der Waals surface area contributed by atoms with Crippen molar-refractivity contribution >= 4 is 16.6 Å². The molecule has 3 aromatic rings. The van der Waals surface area contributed by atoms with Crippen LogP contribution in [0.1, 0.15) is 19.8 Å². The van der Waals surface area contributed by atoms with Crippen LogP contribution < -0.4 is 5.73 Å². The molecule has 0 aliphatic carbocycles. The summed E-state index contributed by atoms with van der Waals surface area (Å²) < 4.78 is 2.04. The first-order valence-corrected chi connectivity index (χ1v) is 7.10. The van der Waals surface area contributed by atoms with Crippen LogP contribution >= 0.6 is 0 Å². The Balaban J connectivity index is 2.09. The molecule has 0 spiro atoms. The Labute approximate surface area is 119 Å². The van der Waals surface area contributed by atoms with Crippen molar-refractivity contribution in [1.29, 1.82) is 0 Å². The second-order valence-electron chi connectivity index (χ2n) is 5.05. The molecule has 1 heterocycles. The molecule has 0 saturated carbocycles. The van der Waals surface area contributed by atoms with E-state index in [1.165, 1.54) is 10.8 Å². The van der Waals surface area contributed by atoms with Crippen molar-refractivity contribution in [3.8, 4) is 11.3 Å². The minimum atomic E-state index is 0.759. The minimum Gasteiger partial charge on any atom is -0.383 e. The standard InChI is InChI=1S/C17H19N3/c1-2-3-11-20-12-19-16(17(20)18)15-10-6-8-13-7-4-5-9-14(13)15/h4-10,12H,2-3,11,18H2,1H3. The van der Waals surface area contributed by atoms with E-state index in [1.807, 2.05) is 10.9 Å². The number of rotatable bonds is 4. The number of hydrogen-bond donors (Lipinski definition) is 1. The molecule has 0 bridgehead atoms. The van der Waals surface area contributed by atoms with Crippen LogP contribution in [0.25, 0.3) is 22.0 Å². The summed E-state index contributed by atoms with van der Waals surface area (Å²) in [6.45, 7) is 3.11. The Bertz CT molecular complexity index is 723. The summed E-state index contributed by atoms with van der Waals surface area (Å²) >= 11 is 0. The lowest BCUT2D eigenvalue weighted by atomic mass is 10.0. The molecule has 0 aliphatic rings. The van der Waals surface area contributed by atoms with Gasteiger partial charge < -0.3 is 10.3 Å². The molecule has 20 heavy (non-hydrogen) atoms. The third-order valence-electron chi connectivity index (χ3n) is 3.68. The van der Waals surface area contributed by atoms with Crippen molar-refractivity contribution in [1.82, 2.24) is 9.55 Å². The normalized spacial score (nSPS) is 11.1. The van der Waals surface area contributed by atoms with E-state index in [9.17, 15) is 0 Å². The van der Waals surface area contributed by atoms with Gasteiger partial charge in [0.2, 0.25) is 0 Å². The van der Waals surface area contributed by atoms with Crippen LogP contribution in [0.2, 0.25) is 0 Å². The van der Waals surface area contributed by atoms with Crippen LogP contribution in [0.5, 0.6) is 0 Å². The Morgan fingerprint density at radius 1 is 1.10 bits per heavy atom. The van der Waals surface area contributed by atoms with Gasteiger partial charge in [-0.3, -0.25) is 0 Å². The number of benzene rings is 2. The van der Waals surface area contributed by atoms with Gasteiger partial charge in [0.1, 0.15) is 11.5 Å². The molecule has 0 atom stereocenters. The monoisotopic (exact) mass is 265 g/mol. The van der Waals surface area contributed by atoms with Crippen LogP contribution in [0.4, 0.5) is 5.82 Å². The van der Waals surface area contributed by atoms with Gasteiger partial charge in [-0.25, -0.2) is 4.98 Å². The first-order valence-electron chi connectivity index (χ1n) is 7.10. The quantitative estimate of drug-likeness (QED) is 0.772. The van der Waals surface area contributed by atoms with E-state index < -0.39 is 0 Å². The minimum absolute atomic E-state index is 0.759. The molecule has 3 nitrogen and oxygen atoms in total. The number of nitrogens with zero attached hydrogens (tertiary/aromatic N) is 2. The molecule has 3 heteroatoms. The van der Waals surface area contributed by atoms with Gasteiger partial charge in [0.25, 0.3) is 0 Å². The first kappa shape index (κ1) is 12.7. The second kappa shape index (κ2) is 5.37. The fraction of sp³-hybridized carbons (Fsp3) is 0.235. The molecule has 3 rings (SSSR count).